The number of aliphatic hydroxyl groups is 7. The average molecular weight is 579 g/mol. The van der Waals surface area contributed by atoms with E-state index in [9.17, 15) is 55.9 Å². The summed E-state index contributed by atoms with van der Waals surface area (Å²) >= 11 is 0. The summed E-state index contributed by atoms with van der Waals surface area (Å²) in [6.07, 6.45) is -15.5. The van der Waals surface area contributed by atoms with Crippen LogP contribution in [0.25, 0.3) is 22.3 Å². The molecule has 0 unspecified atom stereocenters. The SMILES string of the molecule is O=c1cc(-c2ccc(O)cc2)oc2c([C@@H]3C[C@H](O[C@H]4O[C@H](CO)[C@@H](O)[C@H](O)[C@H]4O)[C@@H](O)[C@@H](O)[C@@H]3O)c(O)cc(O)c12. The topological polar surface area (TPSA) is 251 Å². The highest BCUT2D eigenvalue weighted by atomic mass is 16.7. The summed E-state index contributed by atoms with van der Waals surface area (Å²) in [7, 11) is 0. The molecule has 2 heterocycles. The van der Waals surface area contributed by atoms with Crippen molar-refractivity contribution in [2.45, 2.75) is 67.5 Å². The van der Waals surface area contributed by atoms with Gasteiger partial charge in [0, 0.05) is 29.2 Å². The molecule has 0 spiro atoms. The quantitative estimate of drug-likeness (QED) is 0.163. The Hall–Kier alpha value is -3.31. The maximum Gasteiger partial charge on any atom is 0.197 e. The number of fused-ring (bicyclic) bond motifs is 1. The van der Waals surface area contributed by atoms with E-state index in [2.05, 4.69) is 0 Å². The summed E-state index contributed by atoms with van der Waals surface area (Å²) < 4.78 is 16.9. The molecular formula is C27H30O14. The molecule has 5 rings (SSSR count). The first-order valence-corrected chi connectivity index (χ1v) is 12.7. The standard InChI is InChI=1S/C27H30O14/c28-8-17-22(35)24(37)25(38)27(41-17)40-16-5-11(20(33)23(36)21(16)34)18-12(30)6-13(31)19-14(32)7-15(39-26(18)19)9-1-3-10(29)4-2-9/h1-4,6-7,11,16-17,20-25,27-31,33-38H,5,8H2/t11-,16-,17+,20+,21+,22+,23-,24-,25+,27-/m0/s1. The summed E-state index contributed by atoms with van der Waals surface area (Å²) in [4.78, 5) is 13.0. The number of rotatable bonds is 5. The average Bonchev–Trinajstić information content (AvgIpc) is 2.94. The van der Waals surface area contributed by atoms with E-state index in [0.717, 1.165) is 12.1 Å². The van der Waals surface area contributed by atoms with Crippen LogP contribution in [-0.2, 0) is 9.47 Å². The largest absolute Gasteiger partial charge is 0.508 e. The third-order valence-corrected chi connectivity index (χ3v) is 7.66. The Balaban J connectivity index is 1.56. The molecule has 10 N–H and O–H groups in total. The molecule has 0 amide bonds. The second kappa shape index (κ2) is 11.2. The molecule has 1 aliphatic heterocycles. The lowest BCUT2D eigenvalue weighted by molar-refractivity contribution is -0.324. The van der Waals surface area contributed by atoms with Crippen molar-refractivity contribution in [1.29, 1.82) is 0 Å². The van der Waals surface area contributed by atoms with Gasteiger partial charge in [-0.15, -0.1) is 0 Å². The van der Waals surface area contributed by atoms with E-state index in [0.29, 0.717) is 5.56 Å². The van der Waals surface area contributed by atoms with Crippen molar-refractivity contribution in [3.63, 3.8) is 0 Å². The van der Waals surface area contributed by atoms with Crippen molar-refractivity contribution in [3.05, 3.63) is 52.2 Å². The monoisotopic (exact) mass is 578 g/mol. The molecule has 1 aromatic heterocycles. The molecule has 3 aromatic rings. The van der Waals surface area contributed by atoms with E-state index in [4.69, 9.17) is 13.9 Å². The van der Waals surface area contributed by atoms with Crippen LogP contribution in [0, 0.1) is 0 Å². The molecule has 1 aliphatic carbocycles. The van der Waals surface area contributed by atoms with Gasteiger partial charge in [0.25, 0.3) is 0 Å². The molecular weight excluding hydrogens is 548 g/mol. The molecule has 14 nitrogen and oxygen atoms in total. The van der Waals surface area contributed by atoms with Gasteiger partial charge in [0.1, 0.15) is 70.6 Å². The van der Waals surface area contributed by atoms with Crippen molar-refractivity contribution in [1.82, 2.24) is 0 Å². The summed E-state index contributed by atoms with van der Waals surface area (Å²) in [6, 6.07) is 7.58. The van der Waals surface area contributed by atoms with E-state index in [1.54, 1.807) is 0 Å². The van der Waals surface area contributed by atoms with Crippen LogP contribution in [0.5, 0.6) is 17.2 Å². The third kappa shape index (κ3) is 5.14. The van der Waals surface area contributed by atoms with Crippen LogP contribution in [0.3, 0.4) is 0 Å². The van der Waals surface area contributed by atoms with Gasteiger partial charge in [0.2, 0.25) is 0 Å². The second-order valence-corrected chi connectivity index (χ2v) is 10.2. The lowest BCUT2D eigenvalue weighted by atomic mass is 9.76. The first-order chi connectivity index (χ1) is 19.4. The number of phenols is 3. The fraction of sp³-hybridized carbons (Fsp3) is 0.444. The minimum atomic E-state index is -1.89. The summed E-state index contributed by atoms with van der Waals surface area (Å²) in [5.74, 6) is -2.57. The highest BCUT2D eigenvalue weighted by molar-refractivity contribution is 5.89. The van der Waals surface area contributed by atoms with Crippen LogP contribution in [0.1, 0.15) is 17.9 Å². The highest BCUT2D eigenvalue weighted by Crippen LogP contribution is 2.45. The van der Waals surface area contributed by atoms with Gasteiger partial charge < -0.3 is 65.0 Å². The zero-order valence-electron chi connectivity index (χ0n) is 21.3. The molecule has 0 radical (unpaired) electrons. The highest BCUT2D eigenvalue weighted by Gasteiger charge is 2.50. The van der Waals surface area contributed by atoms with Crippen molar-refractivity contribution >= 4 is 11.0 Å². The number of aromatic hydroxyl groups is 3. The summed E-state index contributed by atoms with van der Waals surface area (Å²) in [6.45, 7) is -0.738. The zero-order valence-corrected chi connectivity index (χ0v) is 21.3. The molecule has 10 atom stereocenters. The fourth-order valence-corrected chi connectivity index (χ4v) is 5.41. The zero-order chi connectivity index (χ0) is 29.7. The normalized spacial score (nSPS) is 34.1. The number of hydrogen-bond donors (Lipinski definition) is 10. The van der Waals surface area contributed by atoms with Crippen LogP contribution in [0.2, 0.25) is 0 Å². The minimum Gasteiger partial charge on any atom is -0.508 e. The Bertz CT molecular complexity index is 1450. The molecule has 2 fully saturated rings. The Morgan fingerprint density at radius 3 is 2.12 bits per heavy atom. The van der Waals surface area contributed by atoms with Gasteiger partial charge in [-0.05, 0) is 30.7 Å². The van der Waals surface area contributed by atoms with E-state index < -0.39 is 84.6 Å². The molecule has 0 bridgehead atoms. The lowest BCUT2D eigenvalue weighted by Crippen LogP contribution is -2.61. The van der Waals surface area contributed by atoms with Crippen LogP contribution < -0.4 is 5.43 Å². The van der Waals surface area contributed by atoms with Crippen LogP contribution in [0.4, 0.5) is 0 Å². The lowest BCUT2D eigenvalue weighted by Gasteiger charge is -2.45. The maximum atomic E-state index is 13.0. The van der Waals surface area contributed by atoms with E-state index in [-0.39, 0.29) is 34.5 Å². The molecule has 2 aromatic carbocycles. The van der Waals surface area contributed by atoms with E-state index in [1.807, 2.05) is 0 Å². The van der Waals surface area contributed by atoms with Gasteiger partial charge >= 0.3 is 0 Å². The predicted octanol–water partition coefficient (Wildman–Crippen LogP) is -1.67. The van der Waals surface area contributed by atoms with Gasteiger partial charge in [-0.25, -0.2) is 0 Å². The first-order valence-electron chi connectivity index (χ1n) is 12.7. The van der Waals surface area contributed by atoms with Crippen molar-refractivity contribution in [3.8, 4) is 28.6 Å². The van der Waals surface area contributed by atoms with Crippen LogP contribution >= 0.6 is 0 Å². The summed E-state index contributed by atoms with van der Waals surface area (Å²) in [5, 5.41) is 103. The Kier molecular flexibility index (Phi) is 7.95. The van der Waals surface area contributed by atoms with Crippen LogP contribution in [-0.4, -0.2) is 113 Å². The molecule has 222 valence electrons. The third-order valence-electron chi connectivity index (χ3n) is 7.66. The number of ether oxygens (including phenoxy) is 2. The van der Waals surface area contributed by atoms with E-state index in [1.165, 1.54) is 24.3 Å². The van der Waals surface area contributed by atoms with Gasteiger partial charge in [0.05, 0.1) is 18.8 Å². The molecule has 2 aliphatic rings. The smallest absolute Gasteiger partial charge is 0.197 e. The van der Waals surface area contributed by atoms with Gasteiger partial charge in [-0.3, -0.25) is 4.79 Å². The maximum absolute atomic E-state index is 13.0. The number of aliphatic hydroxyl groups excluding tert-OH is 7. The minimum absolute atomic E-state index is 0.00579. The van der Waals surface area contributed by atoms with Crippen LogP contribution in [0.15, 0.2) is 45.6 Å². The Labute approximate surface area is 231 Å². The molecule has 14 heteroatoms. The van der Waals surface area contributed by atoms with Crippen molar-refractivity contribution in [2.24, 2.45) is 0 Å². The fourth-order valence-electron chi connectivity index (χ4n) is 5.41. The Morgan fingerprint density at radius 2 is 1.46 bits per heavy atom. The number of phenolic OH excluding ortho intramolecular Hbond substituents is 3. The molecule has 1 saturated heterocycles. The number of hydrogen-bond acceptors (Lipinski definition) is 14. The van der Waals surface area contributed by atoms with Crippen molar-refractivity contribution in [2.75, 3.05) is 6.61 Å². The molecule has 1 saturated carbocycles. The summed E-state index contributed by atoms with van der Waals surface area (Å²) in [5.41, 5.74) is -0.860. The van der Waals surface area contributed by atoms with Gasteiger partial charge in [-0.2, -0.15) is 0 Å². The first kappa shape index (κ1) is 29.2. The van der Waals surface area contributed by atoms with Crippen molar-refractivity contribution < 1.29 is 65.0 Å². The van der Waals surface area contributed by atoms with Gasteiger partial charge in [-0.1, -0.05) is 0 Å². The second-order valence-electron chi connectivity index (χ2n) is 10.2. The van der Waals surface area contributed by atoms with Gasteiger partial charge in [0.15, 0.2) is 11.7 Å². The predicted molar refractivity (Wildman–Crippen MR) is 137 cm³/mol. The molecule has 41 heavy (non-hydrogen) atoms. The number of benzene rings is 2. The van der Waals surface area contributed by atoms with E-state index >= 15 is 0 Å². The Morgan fingerprint density at radius 1 is 0.805 bits per heavy atom.